The maximum atomic E-state index is 14.0. The van der Waals surface area contributed by atoms with E-state index < -0.39 is 87.1 Å². The van der Waals surface area contributed by atoms with E-state index in [1.54, 1.807) is 18.2 Å². The normalized spacial score (nSPS) is 19.0. The molecule has 0 fully saturated rings. The van der Waals surface area contributed by atoms with Gasteiger partial charge in [-0.25, -0.2) is 9.55 Å². The van der Waals surface area contributed by atoms with Crippen LogP contribution in [0, 0.1) is 0 Å². The van der Waals surface area contributed by atoms with Crippen molar-refractivity contribution in [1.82, 2.24) is 31.6 Å². The van der Waals surface area contributed by atoms with Gasteiger partial charge in [-0.05, 0) is 93.8 Å². The van der Waals surface area contributed by atoms with Crippen molar-refractivity contribution in [2.45, 2.75) is 121 Å². The van der Waals surface area contributed by atoms with Crippen molar-refractivity contribution in [2.24, 2.45) is 5.73 Å². The second kappa shape index (κ2) is 27.9. The molecule has 3 unspecified atom stereocenters. The Hall–Kier alpha value is -6.18. The molecule has 5 aromatic rings. The summed E-state index contributed by atoms with van der Waals surface area (Å²) in [4.78, 5) is 72.2. The van der Waals surface area contributed by atoms with Crippen molar-refractivity contribution in [3.63, 3.8) is 0 Å². The summed E-state index contributed by atoms with van der Waals surface area (Å²) in [5, 5.41) is 13.5. The molecule has 1 aromatic carbocycles. The standard InChI is InChI=1S/C48H60N8O16S5/c49-20-22-51-45(59)35-9-5-6-21-50-46(60)36(28-33-13-16-43(73-33)76(65,66)67)53-41(57)10-3-1-7-23-56-24-18-31(19-25-56)48-52-30-39(72-48)32-12-15-38(40(27-32)75(62,63)64)71-26-8-2-4-11-42(58)54-37(47(61)55-35)29-34-14-17-44(74-34)77(68,69)70/h12-19,24-25,27,30,35-37H,1-11,20-23,26,28-29,49H2,(H7-,50,51,53,54,55,57,58,59,60,61,62,63,64,65,66,67,68,69,70)/p+1. The molecular weight excluding hydrogens is 1100 g/mol. The fourth-order valence-corrected chi connectivity index (χ4v) is 12.2. The Morgan fingerprint density at radius 3 is 1.91 bits per heavy atom. The van der Waals surface area contributed by atoms with Gasteiger partial charge in [-0.15, -0.1) is 22.7 Å². The number of nitrogens with two attached hydrogens (primary N) is 1. The summed E-state index contributed by atoms with van der Waals surface area (Å²) in [7, 11) is -13.9. The molecule has 24 nitrogen and oxygen atoms in total. The van der Waals surface area contributed by atoms with Crippen molar-refractivity contribution in [3.05, 3.63) is 82.9 Å². The summed E-state index contributed by atoms with van der Waals surface area (Å²) in [6.07, 6.45) is 8.16. The maximum Gasteiger partial charge on any atom is 0.304 e. The molecule has 6 bridgehead atoms. The third-order valence-electron chi connectivity index (χ3n) is 12.0. The van der Waals surface area contributed by atoms with E-state index in [1.165, 1.54) is 36.5 Å². The zero-order valence-corrected chi connectivity index (χ0v) is 45.6. The number of nitrogens with one attached hydrogen (secondary N) is 5. The van der Waals surface area contributed by atoms with Gasteiger partial charge in [-0.3, -0.25) is 37.6 Å². The number of amides is 5. The monoisotopic (exact) mass is 1170 g/mol. The van der Waals surface area contributed by atoms with Crippen LogP contribution < -0.4 is 41.6 Å². The smallest absolute Gasteiger partial charge is 0.304 e. The third kappa shape index (κ3) is 18.8. The Bertz CT molecular complexity index is 3200. The van der Waals surface area contributed by atoms with Crippen LogP contribution in [-0.2, 0) is 73.7 Å². The molecule has 3 aliphatic heterocycles. The van der Waals surface area contributed by atoms with Gasteiger partial charge in [0.05, 0.1) is 12.8 Å². The summed E-state index contributed by atoms with van der Waals surface area (Å²) < 4.78 is 115. The first-order valence-electron chi connectivity index (χ1n) is 24.5. The highest BCUT2D eigenvalue weighted by Crippen LogP contribution is 2.32. The van der Waals surface area contributed by atoms with Gasteiger partial charge < -0.3 is 41.5 Å². The minimum atomic E-state index is -4.78. The second-order valence-electron chi connectivity index (χ2n) is 17.9. The van der Waals surface area contributed by atoms with Crippen LogP contribution in [0.25, 0.3) is 22.8 Å². The molecule has 7 heterocycles. The number of thiophene rings is 2. The number of aryl methyl sites for hydroxylation is 1. The zero-order valence-electron chi connectivity index (χ0n) is 41.6. The predicted octanol–water partition coefficient (Wildman–Crippen LogP) is 2.97. The van der Waals surface area contributed by atoms with E-state index in [-0.39, 0.29) is 99.2 Å². The van der Waals surface area contributed by atoms with Crippen molar-refractivity contribution in [3.8, 4) is 28.5 Å². The Balaban J connectivity index is 1.20. The maximum absolute atomic E-state index is 14.0. The quantitative estimate of drug-likeness (QED) is 0.0717. The van der Waals surface area contributed by atoms with Crippen LogP contribution in [-0.4, -0.2) is 118 Å². The molecule has 0 radical (unpaired) electrons. The average Bonchev–Trinajstić information content (AvgIpc) is 4.19. The number of rotatable bonds is 10. The van der Waals surface area contributed by atoms with E-state index in [4.69, 9.17) is 14.9 Å². The number of oxazole rings is 1. The van der Waals surface area contributed by atoms with Gasteiger partial charge in [0, 0.05) is 84.8 Å². The van der Waals surface area contributed by atoms with Crippen LogP contribution in [0.5, 0.6) is 5.75 Å². The molecule has 0 saturated heterocycles. The van der Waals surface area contributed by atoms with Crippen LogP contribution in [0.2, 0.25) is 0 Å². The molecule has 3 aliphatic rings. The molecule has 8 rings (SSSR count). The van der Waals surface area contributed by atoms with Gasteiger partial charge in [-0.2, -0.15) is 25.3 Å². The summed E-state index contributed by atoms with van der Waals surface area (Å²) in [5.41, 5.74) is 6.55. The first kappa shape index (κ1) is 60.1. The van der Waals surface area contributed by atoms with Crippen molar-refractivity contribution in [1.29, 1.82) is 0 Å². The summed E-state index contributed by atoms with van der Waals surface area (Å²) >= 11 is 1.43. The highest BCUT2D eigenvalue weighted by molar-refractivity contribution is 7.88. The van der Waals surface area contributed by atoms with Gasteiger partial charge in [0.1, 0.15) is 43.7 Å². The highest BCUT2D eigenvalue weighted by Gasteiger charge is 2.29. The number of ether oxygens (including phenoxy) is 1. The first-order chi connectivity index (χ1) is 36.6. The van der Waals surface area contributed by atoms with E-state index in [0.717, 1.165) is 17.4 Å². The predicted molar refractivity (Wildman–Crippen MR) is 280 cm³/mol. The lowest BCUT2D eigenvalue weighted by Crippen LogP contribution is -2.54. The SMILES string of the molecule is NCCNC(=O)C1CCCCNC(=O)C(Cc2ccc(S(=O)(=O)O)s2)NC(=O)CCCCC[n+]2ccc(cc2)-c2ncc(o2)-c2ccc(c(S(=O)(=O)O)c2)OCCCCCC(=O)NC(Cc2ccc(S(=O)(=O)O)s2)C(=O)N1. The molecule has 10 N–H and O–H groups in total. The number of carbonyl (C=O) groups excluding carboxylic acids is 5. The van der Waals surface area contributed by atoms with Gasteiger partial charge >= 0.3 is 20.2 Å². The molecular formula is C48H61N8O16S5+. The molecule has 0 saturated carbocycles. The fraction of sp³-hybridized carbons (Fsp3) is 0.438. The average molecular weight is 1170 g/mol. The highest BCUT2D eigenvalue weighted by atomic mass is 32.3. The van der Waals surface area contributed by atoms with Gasteiger partial charge in [0.25, 0.3) is 10.1 Å². The fourth-order valence-electron chi connectivity index (χ4n) is 8.01. The van der Waals surface area contributed by atoms with Crippen LogP contribution in [0.1, 0.15) is 80.4 Å². The number of nitrogens with zero attached hydrogens (tertiary/aromatic N) is 2. The minimum Gasteiger partial charge on any atom is -0.492 e. The molecule has 4 aromatic heterocycles. The van der Waals surface area contributed by atoms with Crippen molar-refractivity contribution in [2.75, 3.05) is 26.2 Å². The van der Waals surface area contributed by atoms with Crippen LogP contribution in [0.3, 0.4) is 0 Å². The molecule has 5 amide bonds. The van der Waals surface area contributed by atoms with E-state index in [1.807, 2.05) is 17.0 Å². The summed E-state index contributed by atoms with van der Waals surface area (Å²) in [6.45, 7) is 0.809. The van der Waals surface area contributed by atoms with E-state index in [9.17, 15) is 62.9 Å². The van der Waals surface area contributed by atoms with Gasteiger partial charge in [0.2, 0.25) is 35.4 Å². The zero-order chi connectivity index (χ0) is 55.8. The summed E-state index contributed by atoms with van der Waals surface area (Å²) in [5.74, 6) is -2.62. The van der Waals surface area contributed by atoms with E-state index in [0.29, 0.717) is 70.9 Å². The Labute approximate surface area is 453 Å². The number of aromatic nitrogens is 2. The first-order valence-corrected chi connectivity index (χ1v) is 30.5. The lowest BCUT2D eigenvalue weighted by Gasteiger charge is -2.23. The second-order valence-corrected chi connectivity index (χ2v) is 25.0. The Kier molecular flexibility index (Phi) is 21.8. The number of carbonyl (C=O) groups is 5. The van der Waals surface area contributed by atoms with Crippen LogP contribution >= 0.6 is 22.7 Å². The number of benzene rings is 1. The number of hydrogen-bond acceptors (Lipinski definition) is 17. The Morgan fingerprint density at radius 1 is 0.714 bits per heavy atom. The van der Waals surface area contributed by atoms with Gasteiger partial charge in [-0.1, -0.05) is 0 Å². The van der Waals surface area contributed by atoms with Crippen LogP contribution in [0.15, 0.2) is 90.9 Å². The van der Waals surface area contributed by atoms with E-state index in [2.05, 4.69) is 31.6 Å². The minimum absolute atomic E-state index is 0.000884. The van der Waals surface area contributed by atoms with Crippen molar-refractivity contribution >= 4 is 82.6 Å². The van der Waals surface area contributed by atoms with E-state index >= 15 is 0 Å². The largest absolute Gasteiger partial charge is 0.492 e. The lowest BCUT2D eigenvalue weighted by molar-refractivity contribution is -0.697. The molecule has 29 heteroatoms. The third-order valence-corrected chi connectivity index (χ3v) is 17.7. The molecule has 0 spiro atoms. The van der Waals surface area contributed by atoms with Crippen molar-refractivity contribution < 1.29 is 76.6 Å². The topological polar surface area (TPSA) is 374 Å². The molecule has 3 atom stereocenters. The van der Waals surface area contributed by atoms with Crippen LogP contribution in [0.4, 0.5) is 0 Å². The molecule has 77 heavy (non-hydrogen) atoms. The number of hydrogen-bond donors (Lipinski definition) is 9. The molecule has 0 aliphatic carbocycles. The number of fused-ring (bicyclic) bond motifs is 2. The lowest BCUT2D eigenvalue weighted by atomic mass is 10.1. The number of pyridine rings is 1. The Morgan fingerprint density at radius 2 is 1.32 bits per heavy atom. The van der Waals surface area contributed by atoms with Gasteiger partial charge in [0.15, 0.2) is 18.2 Å². The molecule has 418 valence electrons. The summed E-state index contributed by atoms with van der Waals surface area (Å²) in [6, 6.07) is 9.21.